The minimum absolute atomic E-state index is 0.364. The maximum Gasteiger partial charge on any atom is 0.150 e. The first-order chi connectivity index (χ1) is 6.70. The Morgan fingerprint density at radius 2 is 2.07 bits per heavy atom. The second-order valence-corrected chi connectivity index (χ2v) is 3.98. The molecule has 0 aromatic heterocycles. The van der Waals surface area contributed by atoms with Gasteiger partial charge >= 0.3 is 0 Å². The molecule has 14 heavy (non-hydrogen) atoms. The molecule has 1 aromatic carbocycles. The van der Waals surface area contributed by atoms with Gasteiger partial charge in [0.05, 0.1) is 0 Å². The van der Waals surface area contributed by atoms with Gasteiger partial charge in [-0.2, -0.15) is 0 Å². The van der Waals surface area contributed by atoms with Crippen LogP contribution in [0.3, 0.4) is 0 Å². The molecule has 0 spiro atoms. The van der Waals surface area contributed by atoms with Crippen molar-refractivity contribution in [3.05, 3.63) is 35.4 Å². The van der Waals surface area contributed by atoms with Crippen LogP contribution in [-0.4, -0.2) is 12.5 Å². The van der Waals surface area contributed by atoms with Crippen molar-refractivity contribution in [2.24, 2.45) is 0 Å². The number of hydrogen-bond acceptors (Lipinski definition) is 1. The van der Waals surface area contributed by atoms with Crippen molar-refractivity contribution < 1.29 is 9.18 Å². The number of hydrogen-bond donors (Lipinski definition) is 0. The summed E-state index contributed by atoms with van der Waals surface area (Å²) in [7, 11) is 0. The minimum Gasteiger partial charge on any atom is -0.298 e. The molecule has 1 aliphatic carbocycles. The fourth-order valence-electron chi connectivity index (χ4n) is 2.07. The summed E-state index contributed by atoms with van der Waals surface area (Å²) >= 11 is 0. The Labute approximate surface area is 82.9 Å². The Kier molecular flexibility index (Phi) is 2.14. The van der Waals surface area contributed by atoms with E-state index in [9.17, 15) is 9.18 Å². The molecule has 1 nitrogen and oxygen atoms in total. The second-order valence-electron chi connectivity index (χ2n) is 3.98. The van der Waals surface area contributed by atoms with E-state index in [1.165, 1.54) is 0 Å². The van der Waals surface area contributed by atoms with Crippen LogP contribution in [0.15, 0.2) is 24.3 Å². The lowest BCUT2D eigenvalue weighted by Gasteiger charge is -2.18. The summed E-state index contributed by atoms with van der Waals surface area (Å²) in [5.41, 5.74) is 1.15. The summed E-state index contributed by atoms with van der Waals surface area (Å²) in [5.74, 6) is 0. The molecule has 0 amide bonds. The number of halogens is 1. The van der Waals surface area contributed by atoms with Crippen LogP contribution in [0.1, 0.15) is 35.7 Å². The average Bonchev–Trinajstić information content (AvgIpc) is 2.98. The van der Waals surface area contributed by atoms with E-state index in [1.807, 2.05) is 18.2 Å². The van der Waals surface area contributed by atoms with E-state index in [0.29, 0.717) is 5.56 Å². The third-order valence-corrected chi connectivity index (χ3v) is 3.17. The van der Waals surface area contributed by atoms with Crippen LogP contribution >= 0.6 is 0 Å². The molecule has 0 aliphatic heterocycles. The molecule has 0 radical (unpaired) electrons. The molecule has 2 rings (SSSR count). The first-order valence-corrected chi connectivity index (χ1v) is 4.89. The van der Waals surface area contributed by atoms with Crippen molar-refractivity contribution in [3.8, 4) is 0 Å². The van der Waals surface area contributed by atoms with Gasteiger partial charge in [0.2, 0.25) is 0 Å². The van der Waals surface area contributed by atoms with Crippen LogP contribution in [0.25, 0.3) is 0 Å². The maximum atomic E-state index is 13.4. The van der Waals surface area contributed by atoms with Crippen LogP contribution in [0.5, 0.6) is 0 Å². The van der Waals surface area contributed by atoms with E-state index in [-0.39, 0.29) is 5.41 Å². The molecule has 0 heterocycles. The normalized spacial score (nSPS) is 20.1. The molecule has 1 fully saturated rings. The topological polar surface area (TPSA) is 17.1 Å². The van der Waals surface area contributed by atoms with Crippen molar-refractivity contribution >= 4 is 6.29 Å². The Hall–Kier alpha value is -1.18. The van der Waals surface area contributed by atoms with Crippen LogP contribution in [0.4, 0.5) is 4.39 Å². The molecule has 1 saturated carbocycles. The van der Waals surface area contributed by atoms with Crippen molar-refractivity contribution in [1.29, 1.82) is 0 Å². The van der Waals surface area contributed by atoms with Gasteiger partial charge in [-0.3, -0.25) is 4.79 Å². The first-order valence-electron chi connectivity index (χ1n) is 4.89. The average molecular weight is 192 g/mol. The lowest BCUT2D eigenvalue weighted by atomic mass is 9.88. The van der Waals surface area contributed by atoms with E-state index in [2.05, 4.69) is 0 Å². The standard InChI is InChI=1S/C12H13FO/c1-9(13)12(6-7-12)11-5-3-2-4-10(11)8-14/h2-5,8-9H,6-7H2,1H3. The van der Waals surface area contributed by atoms with Gasteiger partial charge in [0.1, 0.15) is 12.5 Å². The fraction of sp³-hybridized carbons (Fsp3) is 0.417. The van der Waals surface area contributed by atoms with Gasteiger partial charge in [0.25, 0.3) is 0 Å². The summed E-state index contributed by atoms with van der Waals surface area (Å²) in [6.45, 7) is 1.58. The van der Waals surface area contributed by atoms with Gasteiger partial charge in [0.15, 0.2) is 0 Å². The summed E-state index contributed by atoms with van der Waals surface area (Å²) < 4.78 is 13.4. The fourth-order valence-corrected chi connectivity index (χ4v) is 2.07. The predicted octanol–water partition coefficient (Wildman–Crippen LogP) is 2.89. The lowest BCUT2D eigenvalue weighted by molar-refractivity contribution is 0.112. The van der Waals surface area contributed by atoms with Crippen molar-refractivity contribution in [3.63, 3.8) is 0 Å². The highest BCUT2D eigenvalue weighted by molar-refractivity contribution is 5.78. The third-order valence-electron chi connectivity index (χ3n) is 3.17. The minimum atomic E-state index is -0.872. The highest BCUT2D eigenvalue weighted by Gasteiger charge is 2.50. The number of aldehydes is 1. The molecular weight excluding hydrogens is 179 g/mol. The quantitative estimate of drug-likeness (QED) is 0.673. The van der Waals surface area contributed by atoms with Crippen LogP contribution in [0, 0.1) is 0 Å². The molecule has 1 aliphatic rings. The molecule has 2 heteroatoms. The van der Waals surface area contributed by atoms with Crippen molar-refractivity contribution in [2.75, 3.05) is 0 Å². The zero-order valence-corrected chi connectivity index (χ0v) is 8.16. The molecule has 1 atom stereocenters. The third kappa shape index (κ3) is 1.26. The lowest BCUT2D eigenvalue weighted by Crippen LogP contribution is -2.20. The number of carbonyl (C=O) groups excluding carboxylic acids is 1. The summed E-state index contributed by atoms with van der Waals surface area (Å²) in [5, 5.41) is 0. The SMILES string of the molecule is CC(F)C1(c2ccccc2C=O)CC1. The Bertz CT molecular complexity index is 353. The van der Waals surface area contributed by atoms with Crippen LogP contribution in [-0.2, 0) is 5.41 Å². The van der Waals surface area contributed by atoms with E-state index in [1.54, 1.807) is 13.0 Å². The van der Waals surface area contributed by atoms with E-state index in [4.69, 9.17) is 0 Å². The number of alkyl halides is 1. The number of carbonyl (C=O) groups is 1. The highest BCUT2D eigenvalue weighted by Crippen LogP contribution is 2.52. The molecular formula is C12H13FO. The van der Waals surface area contributed by atoms with Gasteiger partial charge in [-0.05, 0) is 25.3 Å². The largest absolute Gasteiger partial charge is 0.298 e. The summed E-state index contributed by atoms with van der Waals surface area (Å²) in [6, 6.07) is 7.30. The summed E-state index contributed by atoms with van der Waals surface area (Å²) in [6.07, 6.45) is 1.66. The zero-order chi connectivity index (χ0) is 10.2. The Morgan fingerprint density at radius 1 is 1.43 bits per heavy atom. The van der Waals surface area contributed by atoms with Gasteiger partial charge in [-0.25, -0.2) is 4.39 Å². The number of benzene rings is 1. The van der Waals surface area contributed by atoms with E-state index in [0.717, 1.165) is 24.7 Å². The molecule has 0 bridgehead atoms. The van der Waals surface area contributed by atoms with Gasteiger partial charge in [-0.15, -0.1) is 0 Å². The smallest absolute Gasteiger partial charge is 0.150 e. The van der Waals surface area contributed by atoms with Crippen molar-refractivity contribution in [2.45, 2.75) is 31.4 Å². The monoisotopic (exact) mass is 192 g/mol. The van der Waals surface area contributed by atoms with Gasteiger partial charge in [0, 0.05) is 11.0 Å². The zero-order valence-electron chi connectivity index (χ0n) is 8.16. The predicted molar refractivity (Wildman–Crippen MR) is 53.3 cm³/mol. The maximum absolute atomic E-state index is 13.4. The Balaban J connectivity index is 2.46. The van der Waals surface area contributed by atoms with Crippen LogP contribution < -0.4 is 0 Å². The molecule has 1 unspecified atom stereocenters. The van der Waals surface area contributed by atoms with Crippen molar-refractivity contribution in [1.82, 2.24) is 0 Å². The molecule has 74 valence electrons. The van der Waals surface area contributed by atoms with Gasteiger partial charge in [-0.1, -0.05) is 24.3 Å². The molecule has 0 N–H and O–H groups in total. The first kappa shape index (κ1) is 9.38. The van der Waals surface area contributed by atoms with Gasteiger partial charge < -0.3 is 0 Å². The number of rotatable bonds is 3. The van der Waals surface area contributed by atoms with Crippen LogP contribution in [0.2, 0.25) is 0 Å². The highest BCUT2D eigenvalue weighted by atomic mass is 19.1. The Morgan fingerprint density at radius 3 is 2.57 bits per heavy atom. The molecule has 0 saturated heterocycles. The molecule has 1 aromatic rings. The summed E-state index contributed by atoms with van der Waals surface area (Å²) in [4.78, 5) is 10.8. The second kappa shape index (κ2) is 3.19. The van der Waals surface area contributed by atoms with E-state index < -0.39 is 6.17 Å². The van der Waals surface area contributed by atoms with E-state index >= 15 is 0 Å².